The molecule has 4 nitrogen and oxygen atoms in total. The van der Waals surface area contributed by atoms with Gasteiger partial charge in [-0.2, -0.15) is 0 Å². The molecule has 1 aliphatic heterocycles. The number of hydrogen-bond acceptors (Lipinski definition) is 5. The minimum Gasteiger partial charge on any atom is -0.430 e. The minimum atomic E-state index is -0.926. The molecule has 1 aromatic carbocycles. The van der Waals surface area contributed by atoms with Crippen molar-refractivity contribution in [1.82, 2.24) is 0 Å². The van der Waals surface area contributed by atoms with Gasteiger partial charge in [-0.05, 0) is 25.0 Å². The molecule has 0 bridgehead atoms. The average Bonchev–Trinajstić information content (AvgIpc) is 2.92. The van der Waals surface area contributed by atoms with Crippen LogP contribution in [0.25, 0.3) is 0 Å². The Morgan fingerprint density at radius 2 is 1.86 bits per heavy atom. The minimum absolute atomic E-state index is 0.141. The molecule has 1 saturated heterocycles. The first-order chi connectivity index (χ1) is 10.2. The Hall–Kier alpha value is -1.20. The molecule has 2 fully saturated rings. The van der Waals surface area contributed by atoms with Gasteiger partial charge in [-0.1, -0.05) is 37.5 Å². The number of benzene rings is 1. The second kappa shape index (κ2) is 5.89. The van der Waals surface area contributed by atoms with Crippen LogP contribution in [-0.4, -0.2) is 34.8 Å². The Bertz CT molecular complexity index is 498. The van der Waals surface area contributed by atoms with E-state index >= 15 is 0 Å². The third-order valence-electron chi connectivity index (χ3n) is 4.51. The smallest absolute Gasteiger partial charge is 0.430 e. The predicted octanol–water partition coefficient (Wildman–Crippen LogP) is 3.38. The zero-order chi connectivity index (χ0) is 14.8. The monoisotopic (exact) mass is 308 g/mol. The SMILES string of the molecule is O=C1OCC(CO)(C2(Sc3ccccc3)CCCCC2)O1. The van der Waals surface area contributed by atoms with Gasteiger partial charge in [0.1, 0.15) is 6.61 Å². The Morgan fingerprint density at radius 3 is 2.43 bits per heavy atom. The van der Waals surface area contributed by atoms with Gasteiger partial charge in [0, 0.05) is 4.90 Å². The van der Waals surface area contributed by atoms with Gasteiger partial charge in [0.05, 0.1) is 11.4 Å². The number of ether oxygens (including phenoxy) is 2. The van der Waals surface area contributed by atoms with E-state index in [4.69, 9.17) is 9.47 Å². The molecule has 1 unspecified atom stereocenters. The zero-order valence-electron chi connectivity index (χ0n) is 11.9. The maximum absolute atomic E-state index is 11.5. The molecule has 1 atom stereocenters. The van der Waals surface area contributed by atoms with E-state index in [1.165, 1.54) is 6.42 Å². The van der Waals surface area contributed by atoms with E-state index in [1.54, 1.807) is 11.8 Å². The van der Waals surface area contributed by atoms with Crippen LogP contribution in [0.3, 0.4) is 0 Å². The van der Waals surface area contributed by atoms with Crippen molar-refractivity contribution in [2.24, 2.45) is 0 Å². The molecule has 114 valence electrons. The summed E-state index contributed by atoms with van der Waals surface area (Å²) in [5, 5.41) is 9.96. The van der Waals surface area contributed by atoms with Crippen LogP contribution >= 0.6 is 11.8 Å². The maximum Gasteiger partial charge on any atom is 0.509 e. The first kappa shape index (κ1) is 14.7. The van der Waals surface area contributed by atoms with E-state index in [-0.39, 0.29) is 18.0 Å². The number of aliphatic hydroxyl groups is 1. The highest BCUT2D eigenvalue weighted by molar-refractivity contribution is 8.00. The van der Waals surface area contributed by atoms with E-state index < -0.39 is 11.8 Å². The van der Waals surface area contributed by atoms with Crippen molar-refractivity contribution in [1.29, 1.82) is 0 Å². The van der Waals surface area contributed by atoms with Gasteiger partial charge in [0.15, 0.2) is 5.60 Å². The van der Waals surface area contributed by atoms with E-state index in [9.17, 15) is 9.90 Å². The Morgan fingerprint density at radius 1 is 1.14 bits per heavy atom. The zero-order valence-corrected chi connectivity index (χ0v) is 12.7. The fourth-order valence-corrected chi connectivity index (χ4v) is 4.92. The third kappa shape index (κ3) is 2.64. The Labute approximate surface area is 128 Å². The van der Waals surface area contributed by atoms with Crippen LogP contribution < -0.4 is 0 Å². The number of thioether (sulfide) groups is 1. The highest BCUT2D eigenvalue weighted by Crippen LogP contribution is 2.53. The molecule has 2 aliphatic rings. The lowest BCUT2D eigenvalue weighted by Crippen LogP contribution is -2.57. The van der Waals surface area contributed by atoms with Crippen LogP contribution in [0, 0.1) is 0 Å². The third-order valence-corrected chi connectivity index (χ3v) is 6.18. The number of aliphatic hydroxyl groups excluding tert-OH is 1. The van der Waals surface area contributed by atoms with Gasteiger partial charge < -0.3 is 14.6 Å². The largest absolute Gasteiger partial charge is 0.509 e. The van der Waals surface area contributed by atoms with Crippen molar-refractivity contribution in [2.45, 2.75) is 47.3 Å². The molecule has 0 amide bonds. The second-order valence-electron chi connectivity index (χ2n) is 5.76. The summed E-state index contributed by atoms with van der Waals surface area (Å²) in [7, 11) is 0. The van der Waals surface area contributed by atoms with Gasteiger partial charge in [-0.3, -0.25) is 0 Å². The fraction of sp³-hybridized carbons (Fsp3) is 0.562. The average molecular weight is 308 g/mol. The van der Waals surface area contributed by atoms with Gasteiger partial charge in [0.25, 0.3) is 0 Å². The normalized spacial score (nSPS) is 28.0. The molecule has 0 radical (unpaired) electrons. The lowest BCUT2D eigenvalue weighted by molar-refractivity contribution is -0.0337. The van der Waals surface area contributed by atoms with Crippen molar-refractivity contribution in [3.63, 3.8) is 0 Å². The number of carbonyl (C=O) groups excluding carboxylic acids is 1. The van der Waals surface area contributed by atoms with Gasteiger partial charge in [0.2, 0.25) is 0 Å². The van der Waals surface area contributed by atoms with Crippen LogP contribution in [0.1, 0.15) is 32.1 Å². The molecule has 1 N–H and O–H groups in total. The van der Waals surface area contributed by atoms with Gasteiger partial charge in [-0.25, -0.2) is 4.79 Å². The molecule has 21 heavy (non-hydrogen) atoms. The number of carbonyl (C=O) groups is 1. The summed E-state index contributed by atoms with van der Waals surface area (Å²) in [5.41, 5.74) is -0.926. The molecule has 1 heterocycles. The van der Waals surface area contributed by atoms with Crippen molar-refractivity contribution < 1.29 is 19.4 Å². The molecule has 1 aliphatic carbocycles. The van der Waals surface area contributed by atoms with Crippen molar-refractivity contribution in [3.05, 3.63) is 30.3 Å². The van der Waals surface area contributed by atoms with Crippen LogP contribution in [-0.2, 0) is 9.47 Å². The standard InChI is InChI=1S/C16H20O4S/c17-11-15(12-19-14(18)20-15)16(9-5-2-6-10-16)21-13-7-3-1-4-8-13/h1,3-4,7-8,17H,2,5-6,9-12H2. The van der Waals surface area contributed by atoms with Crippen LogP contribution in [0.4, 0.5) is 4.79 Å². The van der Waals surface area contributed by atoms with Crippen molar-refractivity contribution in [2.75, 3.05) is 13.2 Å². The van der Waals surface area contributed by atoms with E-state index in [2.05, 4.69) is 12.1 Å². The molecule has 0 aromatic heterocycles. The summed E-state index contributed by atoms with van der Waals surface area (Å²) in [6.45, 7) is -0.0548. The van der Waals surface area contributed by atoms with Crippen molar-refractivity contribution in [3.8, 4) is 0 Å². The molecule has 1 aromatic rings. The quantitative estimate of drug-likeness (QED) is 0.864. The van der Waals surface area contributed by atoms with E-state index in [0.717, 1.165) is 30.6 Å². The predicted molar refractivity (Wildman–Crippen MR) is 80.4 cm³/mol. The van der Waals surface area contributed by atoms with Crippen molar-refractivity contribution >= 4 is 17.9 Å². The van der Waals surface area contributed by atoms with Gasteiger partial charge in [-0.15, -0.1) is 11.8 Å². The molecule has 5 heteroatoms. The van der Waals surface area contributed by atoms with Crippen LogP contribution in [0.15, 0.2) is 35.2 Å². The Balaban J connectivity index is 1.94. The molecular weight excluding hydrogens is 288 g/mol. The highest BCUT2D eigenvalue weighted by Gasteiger charge is 2.59. The topological polar surface area (TPSA) is 55.8 Å². The molecule has 0 spiro atoms. The lowest BCUT2D eigenvalue weighted by atomic mass is 9.76. The summed E-state index contributed by atoms with van der Waals surface area (Å²) in [5.74, 6) is 0. The van der Waals surface area contributed by atoms with E-state index in [1.807, 2.05) is 18.2 Å². The fourth-order valence-electron chi connectivity index (χ4n) is 3.33. The molecule has 1 saturated carbocycles. The second-order valence-corrected chi connectivity index (χ2v) is 7.22. The first-order valence-electron chi connectivity index (χ1n) is 7.40. The van der Waals surface area contributed by atoms with Crippen LogP contribution in [0.2, 0.25) is 0 Å². The molecular formula is C16H20O4S. The summed E-state index contributed by atoms with van der Waals surface area (Å²) < 4.78 is 10.2. The number of hydrogen-bond donors (Lipinski definition) is 1. The summed E-state index contributed by atoms with van der Waals surface area (Å²) in [6, 6.07) is 10.1. The summed E-state index contributed by atoms with van der Waals surface area (Å²) in [6.07, 6.45) is 4.53. The number of cyclic esters (lactones) is 2. The van der Waals surface area contributed by atoms with Crippen LogP contribution in [0.5, 0.6) is 0 Å². The van der Waals surface area contributed by atoms with Gasteiger partial charge >= 0.3 is 6.16 Å². The summed E-state index contributed by atoms with van der Waals surface area (Å²) in [4.78, 5) is 12.6. The number of rotatable bonds is 4. The lowest BCUT2D eigenvalue weighted by Gasteiger charge is -2.46. The maximum atomic E-state index is 11.5. The summed E-state index contributed by atoms with van der Waals surface area (Å²) >= 11 is 1.72. The highest BCUT2D eigenvalue weighted by atomic mass is 32.2. The first-order valence-corrected chi connectivity index (χ1v) is 8.22. The Kier molecular flexibility index (Phi) is 4.13. The molecule has 3 rings (SSSR count). The van der Waals surface area contributed by atoms with E-state index in [0.29, 0.717) is 0 Å².